The number of amides is 2. The quantitative estimate of drug-likeness (QED) is 0.286. The third kappa shape index (κ3) is 5.99. The van der Waals surface area contributed by atoms with Gasteiger partial charge in [-0.2, -0.15) is 0 Å². The van der Waals surface area contributed by atoms with Gasteiger partial charge in [0.1, 0.15) is 5.75 Å². The van der Waals surface area contributed by atoms with Crippen molar-refractivity contribution in [1.29, 1.82) is 0 Å². The molecule has 2 amide bonds. The number of benzene rings is 3. The first-order valence-corrected chi connectivity index (χ1v) is 12.3. The summed E-state index contributed by atoms with van der Waals surface area (Å²) in [6.45, 7) is -0.209. The van der Waals surface area contributed by atoms with Crippen LogP contribution in [0.5, 0.6) is 17.2 Å². The molecular weight excluding hydrogens is 520 g/mol. The molecule has 3 aromatic carbocycles. The van der Waals surface area contributed by atoms with Gasteiger partial charge in [-0.1, -0.05) is 41.6 Å². The van der Waals surface area contributed by atoms with Gasteiger partial charge in [0.05, 0.1) is 24.8 Å². The molecule has 7 nitrogen and oxygen atoms in total. The average molecular weight is 541 g/mol. The summed E-state index contributed by atoms with van der Waals surface area (Å²) in [5.41, 5.74) is 2.00. The molecule has 4 rings (SSSR count). The van der Waals surface area contributed by atoms with Crippen molar-refractivity contribution in [2.45, 2.75) is 0 Å². The van der Waals surface area contributed by atoms with E-state index in [0.717, 1.165) is 5.56 Å². The van der Waals surface area contributed by atoms with Gasteiger partial charge in [0.2, 0.25) is 0 Å². The molecule has 10 heteroatoms. The number of rotatable bonds is 8. The summed E-state index contributed by atoms with van der Waals surface area (Å²) in [5, 5.41) is 3.31. The van der Waals surface area contributed by atoms with E-state index in [1.807, 2.05) is 0 Å². The Balaban J connectivity index is 1.44. The van der Waals surface area contributed by atoms with E-state index in [9.17, 15) is 9.59 Å². The smallest absolute Gasteiger partial charge is 0.270 e. The largest absolute Gasteiger partial charge is 0.497 e. The van der Waals surface area contributed by atoms with Gasteiger partial charge in [0.25, 0.3) is 11.8 Å². The fourth-order valence-corrected chi connectivity index (χ4v) is 4.76. The number of anilines is 2. The molecule has 1 saturated heterocycles. The third-order valence-electron chi connectivity index (χ3n) is 5.10. The van der Waals surface area contributed by atoms with Crippen molar-refractivity contribution in [3.63, 3.8) is 0 Å². The molecule has 0 radical (unpaired) electrons. The first-order valence-electron chi connectivity index (χ1n) is 10.7. The number of hydrogen-bond acceptors (Lipinski definition) is 7. The standard InChI is InChI=1S/C26H21ClN2O5S2/c1-32-20-10-8-19(9-11-20)29-25(31)23(36-26(29)35)14-16-3-12-21(22(13-16)33-2)34-15-24(30)28-18-6-4-17(27)5-7-18/h3-14H,15H2,1-2H3,(H,28,30)/b23-14-. The van der Waals surface area contributed by atoms with Crippen LogP contribution in [0.15, 0.2) is 71.6 Å². The molecule has 0 aliphatic carbocycles. The van der Waals surface area contributed by atoms with Crippen molar-refractivity contribution in [3.8, 4) is 17.2 Å². The second kappa shape index (κ2) is 11.5. The second-order valence-corrected chi connectivity index (χ2v) is 9.58. The van der Waals surface area contributed by atoms with Crippen LogP contribution in [0.2, 0.25) is 5.02 Å². The van der Waals surface area contributed by atoms with Gasteiger partial charge >= 0.3 is 0 Å². The highest BCUT2D eigenvalue weighted by Crippen LogP contribution is 2.37. The van der Waals surface area contributed by atoms with Crippen molar-refractivity contribution in [2.24, 2.45) is 0 Å². The predicted octanol–water partition coefficient (Wildman–Crippen LogP) is 5.78. The summed E-state index contributed by atoms with van der Waals surface area (Å²) in [7, 11) is 3.08. The van der Waals surface area contributed by atoms with Gasteiger partial charge in [-0.15, -0.1) is 0 Å². The van der Waals surface area contributed by atoms with Gasteiger partial charge in [-0.25, -0.2) is 0 Å². The van der Waals surface area contributed by atoms with Crippen molar-refractivity contribution in [2.75, 3.05) is 31.0 Å². The lowest BCUT2D eigenvalue weighted by molar-refractivity contribution is -0.118. The molecule has 1 aliphatic rings. The van der Waals surface area contributed by atoms with E-state index in [-0.39, 0.29) is 18.4 Å². The lowest BCUT2D eigenvalue weighted by Crippen LogP contribution is -2.27. The molecule has 0 unspecified atom stereocenters. The van der Waals surface area contributed by atoms with Crippen LogP contribution in [0.25, 0.3) is 6.08 Å². The number of thioether (sulfide) groups is 1. The normalized spacial score (nSPS) is 14.2. The number of nitrogens with zero attached hydrogens (tertiary/aromatic N) is 1. The first-order chi connectivity index (χ1) is 17.4. The zero-order valence-electron chi connectivity index (χ0n) is 19.3. The topological polar surface area (TPSA) is 77.1 Å². The molecule has 0 aromatic heterocycles. The van der Waals surface area contributed by atoms with Crippen LogP contribution in [0.4, 0.5) is 11.4 Å². The molecule has 1 N–H and O–H groups in total. The molecule has 0 atom stereocenters. The highest BCUT2D eigenvalue weighted by molar-refractivity contribution is 8.27. The van der Waals surface area contributed by atoms with E-state index in [2.05, 4.69) is 5.32 Å². The van der Waals surface area contributed by atoms with E-state index in [1.54, 1.807) is 79.9 Å². The molecule has 0 bridgehead atoms. The Morgan fingerprint density at radius 3 is 2.42 bits per heavy atom. The minimum atomic E-state index is -0.328. The van der Waals surface area contributed by atoms with Gasteiger partial charge in [-0.05, 0) is 72.3 Å². The van der Waals surface area contributed by atoms with Crippen molar-refractivity contribution in [1.82, 2.24) is 0 Å². The molecule has 1 aliphatic heterocycles. The molecule has 1 heterocycles. The molecule has 1 fully saturated rings. The number of halogens is 1. The maximum atomic E-state index is 13.1. The highest BCUT2D eigenvalue weighted by Gasteiger charge is 2.33. The second-order valence-electron chi connectivity index (χ2n) is 7.47. The minimum Gasteiger partial charge on any atom is -0.497 e. The zero-order chi connectivity index (χ0) is 25.7. The number of carbonyl (C=O) groups is 2. The minimum absolute atomic E-state index is 0.209. The summed E-state index contributed by atoms with van der Waals surface area (Å²) in [6.07, 6.45) is 1.74. The Hall–Kier alpha value is -3.53. The van der Waals surface area contributed by atoms with Crippen molar-refractivity contribution in [3.05, 3.63) is 82.2 Å². The number of carbonyl (C=O) groups excluding carboxylic acids is 2. The number of thiocarbonyl (C=S) groups is 1. The van der Waals surface area contributed by atoms with E-state index >= 15 is 0 Å². The maximum Gasteiger partial charge on any atom is 0.270 e. The van der Waals surface area contributed by atoms with E-state index < -0.39 is 0 Å². The molecule has 184 valence electrons. The van der Waals surface area contributed by atoms with Crippen LogP contribution < -0.4 is 24.4 Å². The summed E-state index contributed by atoms with van der Waals surface area (Å²) in [5.74, 6) is 0.968. The van der Waals surface area contributed by atoms with Crippen LogP contribution in [-0.2, 0) is 9.59 Å². The summed E-state index contributed by atoms with van der Waals surface area (Å²) < 4.78 is 16.7. The van der Waals surface area contributed by atoms with Crippen LogP contribution in [0.3, 0.4) is 0 Å². The Morgan fingerprint density at radius 1 is 1.03 bits per heavy atom. The fourth-order valence-electron chi connectivity index (χ4n) is 3.34. The van der Waals surface area contributed by atoms with Crippen LogP contribution in [0.1, 0.15) is 5.56 Å². The lowest BCUT2D eigenvalue weighted by atomic mass is 10.1. The van der Waals surface area contributed by atoms with Crippen LogP contribution >= 0.6 is 35.6 Å². The fraction of sp³-hybridized carbons (Fsp3) is 0.115. The summed E-state index contributed by atoms with van der Waals surface area (Å²) in [4.78, 5) is 27.3. The SMILES string of the molecule is COc1ccc(N2C(=O)/C(=C/c3ccc(OCC(=O)Nc4ccc(Cl)cc4)c(OC)c3)SC2=S)cc1. The Bertz CT molecular complexity index is 1330. The lowest BCUT2D eigenvalue weighted by Gasteiger charge is -2.14. The highest BCUT2D eigenvalue weighted by atomic mass is 35.5. The summed E-state index contributed by atoms with van der Waals surface area (Å²) in [6, 6.07) is 19.1. The van der Waals surface area contributed by atoms with Crippen molar-refractivity contribution >= 4 is 69.2 Å². The van der Waals surface area contributed by atoms with Gasteiger partial charge in [0.15, 0.2) is 22.4 Å². The van der Waals surface area contributed by atoms with Gasteiger partial charge in [0, 0.05) is 10.7 Å². The van der Waals surface area contributed by atoms with Gasteiger partial charge in [-0.3, -0.25) is 14.5 Å². The molecule has 0 spiro atoms. The van der Waals surface area contributed by atoms with E-state index in [0.29, 0.717) is 42.9 Å². The number of methoxy groups -OCH3 is 2. The number of nitrogens with one attached hydrogen (secondary N) is 1. The van der Waals surface area contributed by atoms with E-state index in [4.69, 9.17) is 38.0 Å². The van der Waals surface area contributed by atoms with Gasteiger partial charge < -0.3 is 19.5 Å². The molecule has 3 aromatic rings. The Labute approximate surface area is 223 Å². The maximum absolute atomic E-state index is 13.1. The zero-order valence-corrected chi connectivity index (χ0v) is 21.7. The Kier molecular flexibility index (Phi) is 8.14. The molecule has 0 saturated carbocycles. The third-order valence-corrected chi connectivity index (χ3v) is 6.65. The number of hydrogen-bond donors (Lipinski definition) is 1. The molecular formula is C26H21ClN2O5S2. The average Bonchev–Trinajstić information content (AvgIpc) is 3.16. The Morgan fingerprint density at radius 2 is 1.75 bits per heavy atom. The monoisotopic (exact) mass is 540 g/mol. The van der Waals surface area contributed by atoms with Crippen molar-refractivity contribution < 1.29 is 23.8 Å². The van der Waals surface area contributed by atoms with Crippen LogP contribution in [0, 0.1) is 0 Å². The predicted molar refractivity (Wildman–Crippen MR) is 147 cm³/mol. The van der Waals surface area contributed by atoms with Crippen LogP contribution in [-0.4, -0.2) is 37.0 Å². The summed E-state index contributed by atoms with van der Waals surface area (Å²) >= 11 is 12.5. The van der Waals surface area contributed by atoms with E-state index in [1.165, 1.54) is 23.8 Å². The molecule has 36 heavy (non-hydrogen) atoms. The number of ether oxygens (including phenoxy) is 3. The first kappa shape index (κ1) is 25.6.